The predicted molar refractivity (Wildman–Crippen MR) is 124 cm³/mol. The maximum absolute atomic E-state index is 12.7. The summed E-state index contributed by atoms with van der Waals surface area (Å²) in [6, 6.07) is 6.99. The topological polar surface area (TPSA) is 82.6 Å². The summed E-state index contributed by atoms with van der Waals surface area (Å²) >= 11 is 0. The van der Waals surface area contributed by atoms with E-state index in [9.17, 15) is 8.42 Å². The highest BCUT2D eigenvalue weighted by Gasteiger charge is 2.24. The molecular formula is C19H35IN4O2S. The molecule has 1 rings (SSSR count). The van der Waals surface area contributed by atoms with Crippen LogP contribution in [0.25, 0.3) is 0 Å². The van der Waals surface area contributed by atoms with Crippen LogP contribution in [0.5, 0.6) is 0 Å². The molecular weight excluding hydrogens is 475 g/mol. The Labute approximate surface area is 182 Å². The number of nitrogens with zero attached hydrogens (tertiary/aromatic N) is 1. The number of benzene rings is 1. The van der Waals surface area contributed by atoms with E-state index in [2.05, 4.69) is 34.2 Å². The zero-order valence-electron chi connectivity index (χ0n) is 17.3. The van der Waals surface area contributed by atoms with Gasteiger partial charge in [0.05, 0.1) is 11.4 Å². The minimum atomic E-state index is -3.60. The van der Waals surface area contributed by atoms with Gasteiger partial charge in [-0.25, -0.2) is 18.1 Å². The molecule has 0 aliphatic heterocycles. The second-order valence-corrected chi connectivity index (χ2v) is 9.42. The number of aliphatic imine (C=N–C) groups is 1. The summed E-state index contributed by atoms with van der Waals surface area (Å²) in [7, 11) is -3.60. The van der Waals surface area contributed by atoms with E-state index in [0.717, 1.165) is 19.5 Å². The Balaban J connectivity index is 0.00000676. The Morgan fingerprint density at radius 2 is 1.78 bits per heavy atom. The van der Waals surface area contributed by atoms with Crippen molar-refractivity contribution in [3.63, 3.8) is 0 Å². The first-order valence-corrected chi connectivity index (χ1v) is 10.7. The highest BCUT2D eigenvalue weighted by molar-refractivity contribution is 14.0. The minimum Gasteiger partial charge on any atom is -0.357 e. The number of guanidine groups is 1. The van der Waals surface area contributed by atoms with Crippen molar-refractivity contribution in [2.75, 3.05) is 13.1 Å². The van der Waals surface area contributed by atoms with E-state index in [1.165, 1.54) is 0 Å². The molecule has 0 unspecified atom stereocenters. The van der Waals surface area contributed by atoms with Gasteiger partial charge in [-0.2, -0.15) is 0 Å². The van der Waals surface area contributed by atoms with Crippen LogP contribution < -0.4 is 15.4 Å². The molecule has 156 valence electrons. The van der Waals surface area contributed by atoms with Gasteiger partial charge in [0.2, 0.25) is 10.0 Å². The fourth-order valence-corrected chi connectivity index (χ4v) is 3.99. The maximum atomic E-state index is 12.7. The van der Waals surface area contributed by atoms with Crippen LogP contribution in [0.15, 0.2) is 34.2 Å². The highest BCUT2D eigenvalue weighted by Crippen LogP contribution is 2.18. The molecule has 0 bridgehead atoms. The van der Waals surface area contributed by atoms with Crippen LogP contribution in [-0.2, 0) is 16.6 Å². The van der Waals surface area contributed by atoms with E-state index in [1.54, 1.807) is 18.2 Å². The maximum Gasteiger partial charge on any atom is 0.241 e. The SMILES string of the molecule is CCNC(=NCc1ccccc1S(=O)(=O)NC(C)(C)C)NCCC(C)C.I. The Morgan fingerprint density at radius 3 is 2.33 bits per heavy atom. The Morgan fingerprint density at radius 1 is 1.15 bits per heavy atom. The fourth-order valence-electron chi connectivity index (χ4n) is 2.34. The average molecular weight is 510 g/mol. The number of hydrogen-bond donors (Lipinski definition) is 3. The van der Waals surface area contributed by atoms with E-state index in [0.29, 0.717) is 17.4 Å². The van der Waals surface area contributed by atoms with Crippen LogP contribution in [0.3, 0.4) is 0 Å². The summed E-state index contributed by atoms with van der Waals surface area (Å²) in [5.74, 6) is 1.31. The lowest BCUT2D eigenvalue weighted by molar-refractivity contribution is 0.491. The average Bonchev–Trinajstić information content (AvgIpc) is 2.50. The van der Waals surface area contributed by atoms with Crippen LogP contribution in [0.2, 0.25) is 0 Å². The van der Waals surface area contributed by atoms with E-state index in [-0.39, 0.29) is 35.4 Å². The molecule has 0 amide bonds. The Hall–Kier alpha value is -0.870. The summed E-state index contributed by atoms with van der Waals surface area (Å²) in [4.78, 5) is 4.83. The second-order valence-electron chi connectivity index (χ2n) is 7.77. The van der Waals surface area contributed by atoms with Crippen molar-refractivity contribution in [2.45, 2.75) is 64.9 Å². The molecule has 0 aromatic heterocycles. The van der Waals surface area contributed by atoms with Crippen LogP contribution in [0, 0.1) is 5.92 Å². The number of sulfonamides is 1. The molecule has 0 aliphatic carbocycles. The second kappa shape index (κ2) is 11.9. The molecule has 0 atom stereocenters. The monoisotopic (exact) mass is 510 g/mol. The lowest BCUT2D eigenvalue weighted by Gasteiger charge is -2.21. The van der Waals surface area contributed by atoms with Crippen molar-refractivity contribution in [1.29, 1.82) is 0 Å². The first-order valence-electron chi connectivity index (χ1n) is 9.19. The molecule has 0 aliphatic rings. The minimum absolute atomic E-state index is 0. The Kier molecular flexibility index (Phi) is 11.5. The molecule has 0 fully saturated rings. The first kappa shape index (κ1) is 26.1. The highest BCUT2D eigenvalue weighted by atomic mass is 127. The fraction of sp³-hybridized carbons (Fsp3) is 0.632. The van der Waals surface area contributed by atoms with E-state index in [1.807, 2.05) is 33.8 Å². The zero-order chi connectivity index (χ0) is 19.8. The van der Waals surface area contributed by atoms with Crippen molar-refractivity contribution in [3.05, 3.63) is 29.8 Å². The molecule has 0 saturated carbocycles. The molecule has 1 aromatic rings. The normalized spacial score (nSPS) is 12.6. The van der Waals surface area contributed by atoms with Gasteiger partial charge in [0.15, 0.2) is 5.96 Å². The van der Waals surface area contributed by atoms with Gasteiger partial charge in [-0.15, -0.1) is 24.0 Å². The molecule has 0 heterocycles. The van der Waals surface area contributed by atoms with Gasteiger partial charge < -0.3 is 10.6 Å². The predicted octanol–water partition coefficient (Wildman–Crippen LogP) is 3.48. The van der Waals surface area contributed by atoms with E-state index >= 15 is 0 Å². The van der Waals surface area contributed by atoms with Crippen LogP contribution in [0.4, 0.5) is 0 Å². The molecule has 0 saturated heterocycles. The van der Waals surface area contributed by atoms with Crippen LogP contribution in [-0.4, -0.2) is 33.0 Å². The molecule has 6 nitrogen and oxygen atoms in total. The molecule has 3 N–H and O–H groups in total. The van der Waals surface area contributed by atoms with E-state index < -0.39 is 15.6 Å². The summed E-state index contributed by atoms with van der Waals surface area (Å²) in [5, 5.41) is 6.49. The lowest BCUT2D eigenvalue weighted by atomic mass is 10.1. The van der Waals surface area contributed by atoms with Crippen molar-refractivity contribution in [2.24, 2.45) is 10.9 Å². The van der Waals surface area contributed by atoms with E-state index in [4.69, 9.17) is 0 Å². The van der Waals surface area contributed by atoms with Gasteiger partial charge in [-0.05, 0) is 51.7 Å². The van der Waals surface area contributed by atoms with Crippen molar-refractivity contribution in [1.82, 2.24) is 15.4 Å². The summed E-state index contributed by atoms with van der Waals surface area (Å²) in [5.41, 5.74) is 0.132. The molecule has 0 spiro atoms. The molecule has 8 heteroatoms. The quantitative estimate of drug-likeness (QED) is 0.284. The molecule has 1 aromatic carbocycles. The van der Waals surface area contributed by atoms with Gasteiger partial charge in [-0.1, -0.05) is 32.0 Å². The standard InChI is InChI=1S/C19H34N4O2S.HI/c1-7-20-18(21-13-12-15(2)3)22-14-16-10-8-9-11-17(16)26(24,25)23-19(4,5)6;/h8-11,15,23H,7,12-14H2,1-6H3,(H2,20,21,22);1H. The van der Waals surface area contributed by atoms with Gasteiger partial charge in [0.1, 0.15) is 0 Å². The van der Waals surface area contributed by atoms with Gasteiger partial charge >= 0.3 is 0 Å². The van der Waals surface area contributed by atoms with Crippen molar-refractivity contribution >= 4 is 40.0 Å². The third kappa shape index (κ3) is 10.3. The van der Waals surface area contributed by atoms with Gasteiger partial charge in [0.25, 0.3) is 0 Å². The molecule has 0 radical (unpaired) electrons. The van der Waals surface area contributed by atoms with Gasteiger partial charge in [0, 0.05) is 18.6 Å². The number of halogens is 1. The largest absolute Gasteiger partial charge is 0.357 e. The van der Waals surface area contributed by atoms with Crippen molar-refractivity contribution in [3.8, 4) is 0 Å². The molecule has 27 heavy (non-hydrogen) atoms. The van der Waals surface area contributed by atoms with Gasteiger partial charge in [-0.3, -0.25) is 0 Å². The number of hydrogen-bond acceptors (Lipinski definition) is 3. The number of nitrogens with one attached hydrogen (secondary N) is 3. The third-order valence-corrected chi connectivity index (χ3v) is 5.33. The van der Waals surface area contributed by atoms with Crippen LogP contribution >= 0.6 is 24.0 Å². The summed E-state index contributed by atoms with van der Waals surface area (Å²) in [6.07, 6.45) is 1.05. The third-order valence-electron chi connectivity index (χ3n) is 3.47. The lowest BCUT2D eigenvalue weighted by Crippen LogP contribution is -2.40. The van der Waals surface area contributed by atoms with Crippen molar-refractivity contribution < 1.29 is 8.42 Å². The summed E-state index contributed by atoms with van der Waals surface area (Å²) < 4.78 is 28.1. The van der Waals surface area contributed by atoms with Crippen LogP contribution in [0.1, 0.15) is 53.5 Å². The number of rotatable bonds is 8. The zero-order valence-corrected chi connectivity index (χ0v) is 20.4. The summed E-state index contributed by atoms with van der Waals surface area (Å²) in [6.45, 7) is 13.7. The smallest absolute Gasteiger partial charge is 0.241 e. The Bertz CT molecular complexity index is 698. The first-order chi connectivity index (χ1) is 12.0.